The lowest BCUT2D eigenvalue weighted by molar-refractivity contribution is -0.130. The zero-order valence-electron chi connectivity index (χ0n) is 12.5. The topological polar surface area (TPSA) is 91.0 Å². The van der Waals surface area contributed by atoms with E-state index < -0.39 is 6.04 Å². The number of rotatable bonds is 9. The molecule has 0 spiro atoms. The van der Waals surface area contributed by atoms with Gasteiger partial charge >= 0.3 is 0 Å². The molecule has 1 saturated heterocycles. The molecule has 3 N–H and O–H groups in total. The van der Waals surface area contributed by atoms with Crippen LogP contribution >= 0.6 is 0 Å². The molecule has 0 aromatic rings. The van der Waals surface area contributed by atoms with Gasteiger partial charge in [-0.3, -0.25) is 9.59 Å². The van der Waals surface area contributed by atoms with Crippen LogP contribution in [0.25, 0.3) is 0 Å². The molecule has 0 aromatic heterocycles. The first-order valence-electron chi connectivity index (χ1n) is 7.24. The third-order valence-electron chi connectivity index (χ3n) is 3.21. The minimum Gasteiger partial charge on any atom is -0.396 e. The highest BCUT2D eigenvalue weighted by Gasteiger charge is 2.34. The Morgan fingerprint density at radius 1 is 1.35 bits per heavy atom. The normalized spacial score (nSPS) is 20.4. The fourth-order valence-corrected chi connectivity index (χ4v) is 1.82. The maximum atomic E-state index is 12.1. The van der Waals surface area contributed by atoms with Crippen LogP contribution in [0.4, 0.5) is 0 Å². The van der Waals surface area contributed by atoms with Crippen molar-refractivity contribution in [3.8, 4) is 0 Å². The van der Waals surface area contributed by atoms with E-state index in [-0.39, 0.29) is 30.4 Å². The Hall–Kier alpha value is -1.14. The second-order valence-electron chi connectivity index (χ2n) is 5.88. The van der Waals surface area contributed by atoms with Crippen molar-refractivity contribution in [3.05, 3.63) is 0 Å². The highest BCUT2D eigenvalue weighted by molar-refractivity contribution is 5.90. The molecule has 3 atom stereocenters. The van der Waals surface area contributed by atoms with Gasteiger partial charge in [-0.25, -0.2) is 0 Å². The van der Waals surface area contributed by atoms with E-state index in [1.54, 1.807) is 0 Å². The molecule has 6 heteroatoms. The van der Waals surface area contributed by atoms with E-state index >= 15 is 0 Å². The fourth-order valence-electron chi connectivity index (χ4n) is 1.82. The van der Waals surface area contributed by atoms with Crippen LogP contribution in [0.3, 0.4) is 0 Å². The van der Waals surface area contributed by atoms with Gasteiger partial charge in [0.25, 0.3) is 5.91 Å². The lowest BCUT2D eigenvalue weighted by atomic mass is 10.0. The number of hydrogen-bond donors (Lipinski definition) is 3. The van der Waals surface area contributed by atoms with Crippen LogP contribution in [0, 0.1) is 11.8 Å². The van der Waals surface area contributed by atoms with Gasteiger partial charge in [0.05, 0.1) is 6.61 Å². The first kappa shape index (κ1) is 16.9. The lowest BCUT2D eigenvalue weighted by Gasteiger charge is -2.20. The SMILES string of the molecule is CC(C)C[C@H](NC(=O)C1CO1)C(=O)NCCC(C)CO. The Labute approximate surface area is 120 Å². The van der Waals surface area contributed by atoms with E-state index in [4.69, 9.17) is 9.84 Å². The number of nitrogens with one attached hydrogen (secondary N) is 2. The molecule has 0 aromatic carbocycles. The van der Waals surface area contributed by atoms with Gasteiger partial charge in [-0.1, -0.05) is 20.8 Å². The highest BCUT2D eigenvalue weighted by atomic mass is 16.6. The van der Waals surface area contributed by atoms with Crippen molar-refractivity contribution in [3.63, 3.8) is 0 Å². The molecule has 116 valence electrons. The van der Waals surface area contributed by atoms with Gasteiger partial charge in [0.2, 0.25) is 5.91 Å². The Morgan fingerprint density at radius 3 is 2.50 bits per heavy atom. The summed E-state index contributed by atoms with van der Waals surface area (Å²) in [5.41, 5.74) is 0. The third kappa shape index (κ3) is 6.34. The van der Waals surface area contributed by atoms with Crippen molar-refractivity contribution < 1.29 is 19.4 Å². The number of epoxide rings is 1. The van der Waals surface area contributed by atoms with Gasteiger partial charge in [0, 0.05) is 13.2 Å². The van der Waals surface area contributed by atoms with Crippen LogP contribution in [0.15, 0.2) is 0 Å². The predicted molar refractivity (Wildman–Crippen MR) is 75.0 cm³/mol. The number of carbonyl (C=O) groups is 2. The van der Waals surface area contributed by atoms with Crippen molar-refractivity contribution in [2.45, 2.75) is 45.8 Å². The molecule has 1 aliphatic heterocycles. The zero-order valence-corrected chi connectivity index (χ0v) is 12.5. The molecule has 0 radical (unpaired) electrons. The Balaban J connectivity index is 2.40. The third-order valence-corrected chi connectivity index (χ3v) is 3.21. The summed E-state index contributed by atoms with van der Waals surface area (Å²) in [6, 6.07) is -0.517. The second kappa shape index (κ2) is 8.21. The maximum Gasteiger partial charge on any atom is 0.252 e. The van der Waals surface area contributed by atoms with E-state index in [2.05, 4.69) is 10.6 Å². The zero-order chi connectivity index (χ0) is 15.1. The number of aliphatic hydroxyl groups is 1. The van der Waals surface area contributed by atoms with E-state index in [0.29, 0.717) is 25.5 Å². The van der Waals surface area contributed by atoms with Crippen LogP contribution < -0.4 is 10.6 Å². The summed E-state index contributed by atoms with van der Waals surface area (Å²) in [4.78, 5) is 23.8. The average Bonchev–Trinajstić information content (AvgIpc) is 3.21. The average molecular weight is 286 g/mol. The van der Waals surface area contributed by atoms with Crippen LogP contribution in [-0.4, -0.2) is 48.8 Å². The van der Waals surface area contributed by atoms with E-state index in [1.165, 1.54) is 0 Å². The van der Waals surface area contributed by atoms with Gasteiger partial charge in [0.15, 0.2) is 6.10 Å². The van der Waals surface area contributed by atoms with Gasteiger partial charge in [-0.2, -0.15) is 0 Å². The molecule has 0 bridgehead atoms. The van der Waals surface area contributed by atoms with Crippen LogP contribution in [0.5, 0.6) is 0 Å². The fraction of sp³-hybridized carbons (Fsp3) is 0.857. The monoisotopic (exact) mass is 286 g/mol. The molecular weight excluding hydrogens is 260 g/mol. The minimum atomic E-state index is -0.517. The predicted octanol–water partition coefficient (Wildman–Crippen LogP) is 0.0508. The van der Waals surface area contributed by atoms with E-state index in [0.717, 1.165) is 6.42 Å². The van der Waals surface area contributed by atoms with Crippen molar-refractivity contribution in [1.29, 1.82) is 0 Å². The summed E-state index contributed by atoms with van der Waals surface area (Å²) in [5.74, 6) is 0.0863. The smallest absolute Gasteiger partial charge is 0.252 e. The van der Waals surface area contributed by atoms with Crippen molar-refractivity contribution in [2.75, 3.05) is 19.8 Å². The van der Waals surface area contributed by atoms with Crippen molar-refractivity contribution in [2.24, 2.45) is 11.8 Å². The second-order valence-corrected chi connectivity index (χ2v) is 5.88. The largest absolute Gasteiger partial charge is 0.396 e. The Kier molecular flexibility index (Phi) is 6.95. The van der Waals surface area contributed by atoms with Gasteiger partial charge in [-0.15, -0.1) is 0 Å². The summed E-state index contributed by atoms with van der Waals surface area (Å²) < 4.78 is 4.91. The Morgan fingerprint density at radius 2 is 2.00 bits per heavy atom. The number of amides is 2. The quantitative estimate of drug-likeness (QED) is 0.522. The first-order chi connectivity index (χ1) is 9.43. The molecule has 2 amide bonds. The summed E-state index contributed by atoms with van der Waals surface area (Å²) in [6.45, 7) is 6.99. The molecule has 1 heterocycles. The van der Waals surface area contributed by atoms with Gasteiger partial charge < -0.3 is 20.5 Å². The summed E-state index contributed by atoms with van der Waals surface area (Å²) in [6.07, 6.45) is 0.933. The van der Waals surface area contributed by atoms with E-state index in [1.807, 2.05) is 20.8 Å². The van der Waals surface area contributed by atoms with Gasteiger partial charge in [0.1, 0.15) is 6.04 Å². The lowest BCUT2D eigenvalue weighted by Crippen LogP contribution is -2.49. The van der Waals surface area contributed by atoms with Crippen LogP contribution in [0.2, 0.25) is 0 Å². The summed E-state index contributed by atoms with van der Waals surface area (Å²) in [5, 5.41) is 14.5. The minimum absolute atomic E-state index is 0.112. The Bertz CT molecular complexity index is 329. The van der Waals surface area contributed by atoms with Crippen LogP contribution in [0.1, 0.15) is 33.6 Å². The molecule has 20 heavy (non-hydrogen) atoms. The van der Waals surface area contributed by atoms with Crippen molar-refractivity contribution >= 4 is 11.8 Å². The maximum absolute atomic E-state index is 12.1. The summed E-state index contributed by atoms with van der Waals surface area (Å²) in [7, 11) is 0. The molecule has 0 saturated carbocycles. The van der Waals surface area contributed by atoms with Crippen molar-refractivity contribution in [1.82, 2.24) is 10.6 Å². The molecular formula is C14H26N2O4. The van der Waals surface area contributed by atoms with E-state index in [9.17, 15) is 9.59 Å². The number of ether oxygens (including phenoxy) is 1. The molecule has 1 fully saturated rings. The molecule has 2 unspecified atom stereocenters. The molecule has 6 nitrogen and oxygen atoms in total. The van der Waals surface area contributed by atoms with Gasteiger partial charge in [-0.05, 0) is 24.7 Å². The molecule has 1 rings (SSSR count). The molecule has 1 aliphatic rings. The number of carbonyl (C=O) groups excluding carboxylic acids is 2. The standard InChI is InChI=1S/C14H26N2O4/c1-9(2)6-11(16-14(19)12-8-20-12)13(18)15-5-4-10(3)7-17/h9-12,17H,4-8H2,1-3H3,(H,15,18)(H,16,19)/t10?,11-,12?/m0/s1. The highest BCUT2D eigenvalue weighted by Crippen LogP contribution is 2.11. The number of hydrogen-bond acceptors (Lipinski definition) is 4. The van der Waals surface area contributed by atoms with Crippen LogP contribution in [-0.2, 0) is 14.3 Å². The number of aliphatic hydroxyl groups excluding tert-OH is 1. The summed E-state index contributed by atoms with van der Waals surface area (Å²) >= 11 is 0. The molecule has 0 aliphatic carbocycles. The first-order valence-corrected chi connectivity index (χ1v) is 7.24.